The number of ether oxygens (including phenoxy) is 4. The minimum Gasteiger partial charge on any atom is -0.493 e. The molecular formula is C29H26O8. The van der Waals surface area contributed by atoms with E-state index >= 15 is 0 Å². The van der Waals surface area contributed by atoms with Crippen molar-refractivity contribution in [2.75, 3.05) is 19.8 Å². The number of rotatable bonds is 11. The van der Waals surface area contributed by atoms with E-state index in [0.29, 0.717) is 30.1 Å². The van der Waals surface area contributed by atoms with E-state index in [0.717, 1.165) is 34.1 Å². The standard InChI is InChI=1S/C29H26O8/c1-3-28(32)35-14-4-13-34-22-10-12-24-23-11-5-19(15-25(23)18(2)26(24)16-22)29(33)37-21-8-6-20(7-9-21)36-17-27(30)31/h3,5-12,15-16,18H,1,4,13-14,17H2,2H3,(H,30,31). The van der Waals surface area contributed by atoms with Crippen LogP contribution in [-0.2, 0) is 14.3 Å². The first kappa shape index (κ1) is 25.5. The molecule has 1 aliphatic rings. The van der Waals surface area contributed by atoms with Crippen LogP contribution >= 0.6 is 0 Å². The summed E-state index contributed by atoms with van der Waals surface area (Å²) in [5, 5.41) is 8.69. The van der Waals surface area contributed by atoms with Crippen LogP contribution in [0.15, 0.2) is 73.3 Å². The second-order valence-electron chi connectivity index (χ2n) is 8.39. The maximum Gasteiger partial charge on any atom is 0.343 e. The highest BCUT2D eigenvalue weighted by Gasteiger charge is 2.27. The van der Waals surface area contributed by atoms with Gasteiger partial charge in [0.15, 0.2) is 6.61 Å². The summed E-state index contributed by atoms with van der Waals surface area (Å²) in [6, 6.07) is 17.6. The van der Waals surface area contributed by atoms with Gasteiger partial charge in [-0.2, -0.15) is 0 Å². The molecular weight excluding hydrogens is 476 g/mol. The lowest BCUT2D eigenvalue weighted by atomic mass is 9.98. The quantitative estimate of drug-likeness (QED) is 0.169. The molecule has 0 radical (unpaired) electrons. The van der Waals surface area contributed by atoms with Crippen LogP contribution in [0.1, 0.15) is 40.7 Å². The van der Waals surface area contributed by atoms with E-state index in [-0.39, 0.29) is 12.5 Å². The summed E-state index contributed by atoms with van der Waals surface area (Å²) in [6.07, 6.45) is 1.69. The Kier molecular flexibility index (Phi) is 7.88. The minimum absolute atomic E-state index is 0.0560. The van der Waals surface area contributed by atoms with Gasteiger partial charge in [0.25, 0.3) is 0 Å². The smallest absolute Gasteiger partial charge is 0.343 e. The van der Waals surface area contributed by atoms with Crippen LogP contribution in [0.2, 0.25) is 0 Å². The Hall–Kier alpha value is -4.59. The SMILES string of the molecule is C=CC(=O)OCCCOc1ccc2c(c1)C(C)c1cc(C(=O)Oc3ccc(OCC(=O)O)cc3)ccc1-2. The van der Waals surface area contributed by atoms with Crippen molar-refractivity contribution in [3.05, 3.63) is 90.0 Å². The van der Waals surface area contributed by atoms with Crippen molar-refractivity contribution in [2.45, 2.75) is 19.3 Å². The van der Waals surface area contributed by atoms with Crippen molar-refractivity contribution in [1.82, 2.24) is 0 Å². The fourth-order valence-electron chi connectivity index (χ4n) is 4.09. The average molecular weight is 503 g/mol. The molecule has 8 nitrogen and oxygen atoms in total. The third-order valence-electron chi connectivity index (χ3n) is 5.90. The van der Waals surface area contributed by atoms with Crippen molar-refractivity contribution in [2.24, 2.45) is 0 Å². The second-order valence-corrected chi connectivity index (χ2v) is 8.39. The third-order valence-corrected chi connectivity index (χ3v) is 5.90. The van der Waals surface area contributed by atoms with Gasteiger partial charge in [0.2, 0.25) is 0 Å². The van der Waals surface area contributed by atoms with Gasteiger partial charge in [-0.3, -0.25) is 0 Å². The number of carbonyl (C=O) groups is 3. The first-order valence-electron chi connectivity index (χ1n) is 11.7. The van der Waals surface area contributed by atoms with Crippen molar-refractivity contribution in [1.29, 1.82) is 0 Å². The largest absolute Gasteiger partial charge is 0.493 e. The third kappa shape index (κ3) is 6.16. The molecule has 0 heterocycles. The number of aliphatic carboxylic acids is 1. The highest BCUT2D eigenvalue weighted by molar-refractivity contribution is 5.93. The lowest BCUT2D eigenvalue weighted by Crippen LogP contribution is -2.10. The first-order chi connectivity index (χ1) is 17.9. The molecule has 1 N–H and O–H groups in total. The molecule has 1 unspecified atom stereocenters. The number of carboxylic acid groups (broad SMARTS) is 1. The van der Waals surface area contributed by atoms with Crippen LogP contribution in [0.3, 0.4) is 0 Å². The molecule has 4 rings (SSSR count). The Morgan fingerprint density at radius 3 is 2.22 bits per heavy atom. The summed E-state index contributed by atoms with van der Waals surface area (Å²) in [5.41, 5.74) is 4.70. The van der Waals surface area contributed by atoms with Gasteiger partial charge in [-0.1, -0.05) is 25.6 Å². The summed E-state index contributed by atoms with van der Waals surface area (Å²) in [6.45, 7) is 5.66. The number of hydrogen-bond donors (Lipinski definition) is 1. The Balaban J connectivity index is 1.39. The molecule has 0 aromatic heterocycles. The molecule has 0 saturated carbocycles. The minimum atomic E-state index is -1.07. The van der Waals surface area contributed by atoms with E-state index in [1.807, 2.05) is 30.3 Å². The summed E-state index contributed by atoms with van der Waals surface area (Å²) in [4.78, 5) is 34.5. The highest BCUT2D eigenvalue weighted by Crippen LogP contribution is 2.46. The topological polar surface area (TPSA) is 108 Å². The maximum atomic E-state index is 12.8. The Bertz CT molecular complexity index is 1330. The second kappa shape index (κ2) is 11.4. The predicted octanol–water partition coefficient (Wildman–Crippen LogP) is 5.00. The van der Waals surface area contributed by atoms with Crippen molar-refractivity contribution in [3.63, 3.8) is 0 Å². The van der Waals surface area contributed by atoms with Crippen LogP contribution in [0.25, 0.3) is 11.1 Å². The molecule has 0 aliphatic heterocycles. The van der Waals surface area contributed by atoms with E-state index in [4.69, 9.17) is 24.1 Å². The maximum absolute atomic E-state index is 12.8. The van der Waals surface area contributed by atoms with E-state index < -0.39 is 24.5 Å². The molecule has 0 fully saturated rings. The van der Waals surface area contributed by atoms with Gasteiger partial charge in [-0.15, -0.1) is 0 Å². The van der Waals surface area contributed by atoms with Crippen LogP contribution in [-0.4, -0.2) is 42.8 Å². The van der Waals surface area contributed by atoms with Gasteiger partial charge in [-0.25, -0.2) is 14.4 Å². The van der Waals surface area contributed by atoms with Crippen molar-refractivity contribution >= 4 is 17.9 Å². The summed E-state index contributed by atoms with van der Waals surface area (Å²) >= 11 is 0. The fourth-order valence-corrected chi connectivity index (χ4v) is 4.09. The van der Waals surface area contributed by atoms with E-state index in [9.17, 15) is 14.4 Å². The van der Waals surface area contributed by atoms with Gasteiger partial charge < -0.3 is 24.1 Å². The monoisotopic (exact) mass is 502 g/mol. The van der Waals surface area contributed by atoms with Crippen LogP contribution in [0.4, 0.5) is 0 Å². The summed E-state index contributed by atoms with van der Waals surface area (Å²) in [5.74, 6) is -0.545. The number of carbonyl (C=O) groups excluding carboxylic acids is 2. The Morgan fingerprint density at radius 1 is 0.865 bits per heavy atom. The molecule has 0 amide bonds. The fraction of sp³-hybridized carbons (Fsp3) is 0.207. The number of hydrogen-bond acceptors (Lipinski definition) is 7. The first-order valence-corrected chi connectivity index (χ1v) is 11.7. The predicted molar refractivity (Wildman–Crippen MR) is 135 cm³/mol. The lowest BCUT2D eigenvalue weighted by molar-refractivity contribution is -0.139. The lowest BCUT2D eigenvalue weighted by Gasteiger charge is -2.11. The molecule has 3 aromatic rings. The zero-order chi connectivity index (χ0) is 26.4. The molecule has 1 atom stereocenters. The zero-order valence-electron chi connectivity index (χ0n) is 20.3. The van der Waals surface area contributed by atoms with Crippen molar-refractivity contribution in [3.8, 4) is 28.4 Å². The number of esters is 2. The van der Waals surface area contributed by atoms with Crippen LogP contribution in [0, 0.1) is 0 Å². The number of benzene rings is 3. The zero-order valence-corrected chi connectivity index (χ0v) is 20.3. The van der Waals surface area contributed by atoms with Gasteiger partial charge in [0.1, 0.15) is 17.2 Å². The van der Waals surface area contributed by atoms with Crippen LogP contribution in [0.5, 0.6) is 17.2 Å². The molecule has 8 heteroatoms. The molecule has 0 spiro atoms. The summed E-state index contributed by atoms with van der Waals surface area (Å²) in [7, 11) is 0. The van der Waals surface area contributed by atoms with Gasteiger partial charge >= 0.3 is 17.9 Å². The van der Waals surface area contributed by atoms with Crippen LogP contribution < -0.4 is 14.2 Å². The van der Waals surface area contributed by atoms with E-state index in [2.05, 4.69) is 13.5 Å². The van der Waals surface area contributed by atoms with Gasteiger partial charge in [-0.05, 0) is 70.8 Å². The van der Waals surface area contributed by atoms with E-state index in [1.165, 1.54) is 0 Å². The van der Waals surface area contributed by atoms with Gasteiger partial charge in [0.05, 0.1) is 18.8 Å². The number of fused-ring (bicyclic) bond motifs is 3. The normalized spacial score (nSPS) is 13.2. The van der Waals surface area contributed by atoms with Gasteiger partial charge in [0, 0.05) is 18.4 Å². The average Bonchev–Trinajstić information content (AvgIpc) is 3.18. The molecule has 190 valence electrons. The van der Waals surface area contributed by atoms with E-state index in [1.54, 1.807) is 30.3 Å². The molecule has 1 aliphatic carbocycles. The Labute approximate surface area is 214 Å². The molecule has 3 aromatic carbocycles. The van der Waals surface area contributed by atoms with Crippen molar-refractivity contribution < 1.29 is 38.4 Å². The number of carboxylic acids is 1. The highest BCUT2D eigenvalue weighted by atomic mass is 16.5. The summed E-state index contributed by atoms with van der Waals surface area (Å²) < 4.78 is 21.4. The molecule has 0 bridgehead atoms. The molecule has 37 heavy (non-hydrogen) atoms. The molecule has 0 saturated heterocycles. The Morgan fingerprint density at radius 2 is 1.51 bits per heavy atom.